The average Bonchev–Trinajstić information content (AvgIpc) is 2.76. The van der Waals surface area contributed by atoms with Gasteiger partial charge in [-0.15, -0.1) is 0 Å². The van der Waals surface area contributed by atoms with Crippen molar-refractivity contribution in [2.24, 2.45) is 0 Å². The van der Waals surface area contributed by atoms with Gasteiger partial charge in [-0.2, -0.15) is 13.2 Å². The van der Waals surface area contributed by atoms with Crippen LogP contribution >= 0.6 is 0 Å². The van der Waals surface area contributed by atoms with Crippen LogP contribution in [0.15, 0.2) is 49.2 Å². The molecule has 35 heavy (non-hydrogen) atoms. The summed E-state index contributed by atoms with van der Waals surface area (Å²) in [5.41, 5.74) is 0.134. The number of nitrogens with zero attached hydrogens (tertiary/aromatic N) is 5. The molecule has 11 heteroatoms. The van der Waals surface area contributed by atoms with Crippen LogP contribution < -0.4 is 14.2 Å². The smallest absolute Gasteiger partial charge is 0.419 e. The first-order valence-electron chi connectivity index (χ1n) is 11.0. The molecule has 0 aliphatic heterocycles. The summed E-state index contributed by atoms with van der Waals surface area (Å²) in [7, 11) is 0. The zero-order valence-electron chi connectivity index (χ0n) is 20.9. The highest BCUT2D eigenvalue weighted by atomic mass is 19.4. The van der Waals surface area contributed by atoms with Gasteiger partial charge < -0.3 is 14.2 Å². The molecule has 0 atom stereocenters. The predicted octanol–water partition coefficient (Wildman–Crippen LogP) is 5.72. The van der Waals surface area contributed by atoms with Gasteiger partial charge in [-0.3, -0.25) is 4.98 Å². The summed E-state index contributed by atoms with van der Waals surface area (Å²) in [5.74, 6) is 0.839. The third kappa shape index (κ3) is 13.7. The van der Waals surface area contributed by atoms with E-state index < -0.39 is 11.7 Å². The van der Waals surface area contributed by atoms with Crippen molar-refractivity contribution in [1.82, 2.24) is 24.9 Å². The zero-order valence-corrected chi connectivity index (χ0v) is 20.9. The number of halogens is 3. The lowest BCUT2D eigenvalue weighted by atomic mass is 10.3. The summed E-state index contributed by atoms with van der Waals surface area (Å²) in [4.78, 5) is 18.7. The number of aryl methyl sites for hydroxylation is 1. The Morgan fingerprint density at radius 1 is 0.657 bits per heavy atom. The van der Waals surface area contributed by atoms with Crippen LogP contribution in [0.25, 0.3) is 0 Å². The first-order chi connectivity index (χ1) is 16.4. The van der Waals surface area contributed by atoms with Crippen LogP contribution in [-0.2, 0) is 6.18 Å². The van der Waals surface area contributed by atoms with Crippen molar-refractivity contribution in [1.29, 1.82) is 0 Å². The summed E-state index contributed by atoms with van der Waals surface area (Å²) in [5, 5.41) is 0. The Hall–Kier alpha value is -3.50. The second-order valence-electron chi connectivity index (χ2n) is 7.92. The van der Waals surface area contributed by atoms with Crippen molar-refractivity contribution in [3.8, 4) is 17.8 Å². The molecule has 0 bridgehead atoms. The Labute approximate surface area is 204 Å². The first kappa shape index (κ1) is 29.5. The minimum Gasteiger partial charge on any atom is -0.489 e. The van der Waals surface area contributed by atoms with Gasteiger partial charge in [0.05, 0.1) is 30.1 Å². The fourth-order valence-electron chi connectivity index (χ4n) is 2.09. The minimum atomic E-state index is -4.41. The van der Waals surface area contributed by atoms with Gasteiger partial charge in [-0.05, 0) is 66.7 Å². The van der Waals surface area contributed by atoms with Crippen molar-refractivity contribution >= 4 is 0 Å². The zero-order chi connectivity index (χ0) is 26.4. The summed E-state index contributed by atoms with van der Waals surface area (Å²) in [6, 6.07) is 6.03. The van der Waals surface area contributed by atoms with Gasteiger partial charge in [0, 0.05) is 30.5 Å². The van der Waals surface area contributed by atoms with E-state index in [1.54, 1.807) is 38.5 Å². The number of ether oxygens (including phenoxy) is 3. The Bertz CT molecular complexity index is 953. The second kappa shape index (κ2) is 14.7. The maximum Gasteiger partial charge on any atom is 0.419 e. The van der Waals surface area contributed by atoms with E-state index in [0.29, 0.717) is 18.4 Å². The quantitative estimate of drug-likeness (QED) is 0.429. The highest BCUT2D eigenvalue weighted by molar-refractivity contribution is 5.19. The highest BCUT2D eigenvalue weighted by Gasteiger charge is 2.31. The molecule has 3 rings (SSSR count). The molecular formula is C24H32F3N5O3. The molecule has 3 aromatic rings. The standard InChI is InChI=1S/C9H13NO.C8H9F3N2O.C7H10N2O/c1-7(2)11-9-5-4-8(3)10-6-9;1-5(2)14-7-12-3-6(4-13-7)8(9,10)11;1-6(2)10-7-8-4-3-5-9-7/h4-7H,1-3H3;3-5H,1-2H3;3-6H,1-2H3. The van der Waals surface area contributed by atoms with Crippen LogP contribution in [-0.4, -0.2) is 43.2 Å². The van der Waals surface area contributed by atoms with Crippen molar-refractivity contribution in [3.05, 3.63) is 60.4 Å². The summed E-state index contributed by atoms with van der Waals surface area (Å²) < 4.78 is 51.8. The van der Waals surface area contributed by atoms with Gasteiger partial charge in [0.15, 0.2) is 0 Å². The van der Waals surface area contributed by atoms with Gasteiger partial charge >= 0.3 is 18.2 Å². The second-order valence-corrected chi connectivity index (χ2v) is 7.92. The molecule has 0 spiro atoms. The number of rotatable bonds is 6. The Morgan fingerprint density at radius 2 is 1.14 bits per heavy atom. The fourth-order valence-corrected chi connectivity index (χ4v) is 2.09. The maximum atomic E-state index is 12.1. The normalized spacial score (nSPS) is 10.8. The SMILES string of the molecule is CC(C)Oc1ncc(C(F)(F)F)cn1.CC(C)Oc1ncccn1.Cc1ccc(OC(C)C)cn1. The highest BCUT2D eigenvalue weighted by Crippen LogP contribution is 2.28. The third-order valence-electron chi connectivity index (χ3n) is 3.44. The van der Waals surface area contributed by atoms with E-state index in [0.717, 1.165) is 11.4 Å². The van der Waals surface area contributed by atoms with Crippen molar-refractivity contribution in [3.63, 3.8) is 0 Å². The molecule has 0 aliphatic rings. The molecule has 0 unspecified atom stereocenters. The first-order valence-corrected chi connectivity index (χ1v) is 11.0. The average molecular weight is 496 g/mol. The van der Waals surface area contributed by atoms with Crippen LogP contribution in [0.1, 0.15) is 52.8 Å². The number of hydrogen-bond donors (Lipinski definition) is 0. The van der Waals surface area contributed by atoms with Crippen LogP contribution in [0.2, 0.25) is 0 Å². The molecule has 3 aromatic heterocycles. The molecule has 0 fully saturated rings. The van der Waals surface area contributed by atoms with E-state index in [1.807, 2.05) is 46.8 Å². The van der Waals surface area contributed by atoms with Gasteiger partial charge in [0.1, 0.15) is 5.75 Å². The Morgan fingerprint density at radius 3 is 1.54 bits per heavy atom. The topological polar surface area (TPSA) is 92.1 Å². The fraction of sp³-hybridized carbons (Fsp3) is 0.458. The summed E-state index contributed by atoms with van der Waals surface area (Å²) >= 11 is 0. The van der Waals surface area contributed by atoms with E-state index in [4.69, 9.17) is 14.2 Å². The summed E-state index contributed by atoms with van der Waals surface area (Å²) in [6.07, 6.45) is 2.25. The van der Waals surface area contributed by atoms with E-state index >= 15 is 0 Å². The lowest BCUT2D eigenvalue weighted by Crippen LogP contribution is -2.11. The molecule has 0 aromatic carbocycles. The van der Waals surface area contributed by atoms with Gasteiger partial charge in [-0.25, -0.2) is 19.9 Å². The van der Waals surface area contributed by atoms with Crippen molar-refractivity contribution in [2.45, 2.75) is 73.0 Å². The van der Waals surface area contributed by atoms with E-state index in [1.165, 1.54) is 0 Å². The van der Waals surface area contributed by atoms with Crippen molar-refractivity contribution < 1.29 is 27.4 Å². The minimum absolute atomic E-state index is 0.0481. The molecule has 0 aliphatic carbocycles. The maximum absolute atomic E-state index is 12.1. The van der Waals surface area contributed by atoms with E-state index in [-0.39, 0.29) is 24.3 Å². The number of hydrogen-bond acceptors (Lipinski definition) is 8. The van der Waals surface area contributed by atoms with Gasteiger partial charge in [0.25, 0.3) is 0 Å². The Kier molecular flexibility index (Phi) is 12.4. The van der Waals surface area contributed by atoms with Crippen LogP contribution in [0.3, 0.4) is 0 Å². The van der Waals surface area contributed by atoms with Crippen molar-refractivity contribution in [2.75, 3.05) is 0 Å². The number of alkyl halides is 3. The number of aromatic nitrogens is 5. The van der Waals surface area contributed by atoms with Crippen LogP contribution in [0.4, 0.5) is 13.2 Å². The molecular weight excluding hydrogens is 463 g/mol. The molecule has 3 heterocycles. The lowest BCUT2D eigenvalue weighted by Gasteiger charge is -2.08. The summed E-state index contributed by atoms with van der Waals surface area (Å²) in [6.45, 7) is 13.3. The third-order valence-corrected chi connectivity index (χ3v) is 3.44. The Balaban J connectivity index is 0.000000267. The molecule has 192 valence electrons. The largest absolute Gasteiger partial charge is 0.489 e. The molecule has 0 saturated heterocycles. The monoisotopic (exact) mass is 495 g/mol. The lowest BCUT2D eigenvalue weighted by molar-refractivity contribution is -0.138. The predicted molar refractivity (Wildman–Crippen MR) is 125 cm³/mol. The van der Waals surface area contributed by atoms with Gasteiger partial charge in [0.2, 0.25) is 0 Å². The molecule has 0 N–H and O–H groups in total. The molecule has 0 saturated carbocycles. The van der Waals surface area contributed by atoms with E-state index in [2.05, 4.69) is 24.9 Å². The number of pyridine rings is 1. The van der Waals surface area contributed by atoms with Gasteiger partial charge in [-0.1, -0.05) is 0 Å². The van der Waals surface area contributed by atoms with Crippen LogP contribution in [0, 0.1) is 6.92 Å². The molecule has 0 amide bonds. The van der Waals surface area contributed by atoms with Crippen LogP contribution in [0.5, 0.6) is 17.8 Å². The molecule has 0 radical (unpaired) electrons. The molecule has 8 nitrogen and oxygen atoms in total. The van der Waals surface area contributed by atoms with E-state index in [9.17, 15) is 13.2 Å².